The lowest BCUT2D eigenvalue weighted by Crippen LogP contribution is -2.54. The van der Waals surface area contributed by atoms with Gasteiger partial charge in [0, 0.05) is 89.7 Å². The fourth-order valence-electron chi connectivity index (χ4n) is 9.40. The number of carbonyl (C=O) groups is 2. The number of nitrogens with one attached hydrogen (secondary N) is 1. The van der Waals surface area contributed by atoms with Crippen LogP contribution in [0.25, 0.3) is 17.5 Å². The Hall–Kier alpha value is -6.04. The molecular formula is C56H64F6N8O9S4. The molecule has 27 heteroatoms. The van der Waals surface area contributed by atoms with E-state index in [0.717, 1.165) is 69.3 Å². The van der Waals surface area contributed by atoms with E-state index >= 15 is 0 Å². The highest BCUT2D eigenvalue weighted by atomic mass is 32.2. The zero-order chi connectivity index (χ0) is 58.9. The third-order valence-electron chi connectivity index (χ3n) is 13.0. The van der Waals surface area contributed by atoms with Crippen molar-refractivity contribution in [3.8, 4) is 11.4 Å². The van der Waals surface area contributed by atoms with Gasteiger partial charge in [0.15, 0.2) is 17.9 Å². The fraction of sp³-hybridized carbons (Fsp3) is 0.393. The van der Waals surface area contributed by atoms with Crippen LogP contribution in [-0.4, -0.2) is 139 Å². The standard InChI is InChI=1S/C25H25F3N4O3S2.C20H15F3N2OS.C10H20N2O5S.CH4/c26-19-3-1-17(2-4-19)13-18-15-36-16-21-23(7-12-37(33,34)30-31-8-10-35-11-9-31)29-32(25(18)21)24-6-5-20(27)14-22(24)28;21-14-3-1-12(2-4-14)7-13-10-27-11-16-18(9-26)24-25(20(13)16)19-6-5-15(22)8-17(19)23;1-10(2,3)17-9(13)12(18(4,14)15)11-5-7-16-8-6-11;/h1-7,12,14,18,30H,8-11,13,15-16H2;1-6,8-9,13H,7,10-11H2;5-8H2,1-4H3;1H4/b12-7+;;;. The molecule has 0 saturated carbocycles. The molecule has 2 unspecified atom stereocenters. The summed E-state index contributed by atoms with van der Waals surface area (Å²) in [6.45, 7) is 8.23. The van der Waals surface area contributed by atoms with Gasteiger partial charge in [-0.2, -0.15) is 38.7 Å². The SMILES string of the molecule is C.CC(C)(C)OC(=O)N(N1CCOCC1)S(C)(=O)=O.O=Cc1nn(-c2ccc(F)cc2F)c2c1CSCC2Cc1ccc(F)cc1.O=S(=O)(/C=C/c1nn(-c2ccc(F)cc2F)c2c1CSCC2Cc1ccc(F)cc1)NN1CCOCC1. The van der Waals surface area contributed by atoms with Crippen LogP contribution < -0.4 is 4.83 Å². The summed E-state index contributed by atoms with van der Waals surface area (Å²) in [6.07, 6.45) is 3.32. The average molecular weight is 1240 g/mol. The summed E-state index contributed by atoms with van der Waals surface area (Å²) < 4.78 is 151. The molecule has 2 atom stereocenters. The number of benzene rings is 4. The summed E-state index contributed by atoms with van der Waals surface area (Å²) in [5.41, 5.74) is 4.98. The minimum Gasteiger partial charge on any atom is -0.442 e. The Balaban J connectivity index is 0.000000190. The van der Waals surface area contributed by atoms with Gasteiger partial charge >= 0.3 is 6.09 Å². The Bertz CT molecular complexity index is 3480. The van der Waals surface area contributed by atoms with Crippen molar-refractivity contribution in [2.45, 2.75) is 70.0 Å². The molecule has 0 radical (unpaired) electrons. The summed E-state index contributed by atoms with van der Waals surface area (Å²) in [4.78, 5) is 25.9. The van der Waals surface area contributed by atoms with E-state index in [0.29, 0.717) is 99.1 Å². The molecule has 83 heavy (non-hydrogen) atoms. The molecule has 4 aromatic carbocycles. The maximum Gasteiger partial charge on any atom is 0.439 e. The third-order valence-corrected chi connectivity index (χ3v) is 17.2. The number of carbonyl (C=O) groups excluding carboxylic acids is 2. The van der Waals surface area contributed by atoms with Gasteiger partial charge in [0.25, 0.3) is 10.0 Å². The number of sulfonamides is 2. The molecule has 6 heterocycles. The number of fused-ring (bicyclic) bond motifs is 2. The second-order valence-corrected chi connectivity index (χ2v) is 25.7. The van der Waals surface area contributed by atoms with Crippen molar-refractivity contribution >= 4 is 62.0 Å². The molecular weight excluding hydrogens is 1170 g/mol. The maximum absolute atomic E-state index is 14.9. The molecule has 6 aromatic rings. The maximum atomic E-state index is 14.9. The molecule has 0 aliphatic carbocycles. The van der Waals surface area contributed by atoms with Gasteiger partial charge in [-0.15, -0.1) is 9.25 Å². The summed E-state index contributed by atoms with van der Waals surface area (Å²) in [6, 6.07) is 19.0. The van der Waals surface area contributed by atoms with Gasteiger partial charge in [0.05, 0.1) is 49.8 Å². The van der Waals surface area contributed by atoms with E-state index in [-0.39, 0.29) is 48.0 Å². The van der Waals surface area contributed by atoms with Crippen LogP contribution in [-0.2, 0) is 58.6 Å². The molecule has 4 aliphatic heterocycles. The van der Waals surface area contributed by atoms with Crippen molar-refractivity contribution in [3.63, 3.8) is 0 Å². The number of hydrogen-bond acceptors (Lipinski definition) is 15. The summed E-state index contributed by atoms with van der Waals surface area (Å²) in [5, 5.41) is 12.9. The Morgan fingerprint density at radius 1 is 0.687 bits per heavy atom. The first-order valence-corrected chi connectivity index (χ1v) is 31.5. The smallest absolute Gasteiger partial charge is 0.439 e. The van der Waals surface area contributed by atoms with E-state index in [9.17, 15) is 52.8 Å². The van der Waals surface area contributed by atoms with Crippen molar-refractivity contribution in [1.82, 2.24) is 38.8 Å². The summed E-state index contributed by atoms with van der Waals surface area (Å²) in [7, 11) is -7.52. The molecule has 17 nitrogen and oxygen atoms in total. The normalized spacial score (nSPS) is 17.7. The quantitative estimate of drug-likeness (QED) is 0.0850. The van der Waals surface area contributed by atoms with Crippen molar-refractivity contribution in [2.75, 3.05) is 70.4 Å². The van der Waals surface area contributed by atoms with Crippen molar-refractivity contribution in [2.24, 2.45) is 0 Å². The van der Waals surface area contributed by atoms with Gasteiger partial charge in [0.1, 0.15) is 45.9 Å². The van der Waals surface area contributed by atoms with Gasteiger partial charge < -0.3 is 14.2 Å². The molecule has 4 aliphatic rings. The lowest BCUT2D eigenvalue weighted by Gasteiger charge is -2.35. The number of aromatic nitrogens is 4. The Morgan fingerprint density at radius 3 is 1.55 bits per heavy atom. The molecule has 2 fully saturated rings. The van der Waals surface area contributed by atoms with E-state index in [1.54, 1.807) is 73.6 Å². The first-order chi connectivity index (χ1) is 39.0. The minimum absolute atomic E-state index is 0. The van der Waals surface area contributed by atoms with Gasteiger partial charge in [-0.1, -0.05) is 31.7 Å². The number of hydrazine groups is 2. The largest absolute Gasteiger partial charge is 0.442 e. The molecule has 448 valence electrons. The van der Waals surface area contributed by atoms with E-state index in [1.165, 1.54) is 62.9 Å². The predicted molar refractivity (Wildman–Crippen MR) is 306 cm³/mol. The number of hydrogen-bond donors (Lipinski definition) is 1. The number of nitrogens with zero attached hydrogens (tertiary/aromatic N) is 7. The van der Waals surface area contributed by atoms with Gasteiger partial charge in [-0.3, -0.25) is 4.79 Å². The van der Waals surface area contributed by atoms with Crippen LogP contribution in [0.15, 0.2) is 90.3 Å². The van der Waals surface area contributed by atoms with Crippen molar-refractivity contribution in [1.29, 1.82) is 0 Å². The summed E-state index contributed by atoms with van der Waals surface area (Å²) in [5.74, 6) is -1.06. The number of ether oxygens (including phenoxy) is 3. The van der Waals surface area contributed by atoms with Gasteiger partial charge in [-0.05, 0) is 99.3 Å². The Labute approximate surface area is 487 Å². The second kappa shape index (κ2) is 28.2. The number of halogens is 6. The van der Waals surface area contributed by atoms with Crippen LogP contribution in [0.1, 0.15) is 89.9 Å². The second-order valence-electron chi connectivity index (χ2n) is 20.3. The topological polar surface area (TPSA) is 188 Å². The van der Waals surface area contributed by atoms with E-state index in [2.05, 4.69) is 15.0 Å². The van der Waals surface area contributed by atoms with Crippen molar-refractivity contribution < 1.29 is 67.0 Å². The van der Waals surface area contributed by atoms with Crippen LogP contribution in [0.2, 0.25) is 0 Å². The Kier molecular flexibility index (Phi) is 21.9. The zero-order valence-electron chi connectivity index (χ0n) is 45.1. The zero-order valence-corrected chi connectivity index (χ0v) is 48.3. The fourth-order valence-corrected chi connectivity index (χ4v) is 13.6. The van der Waals surface area contributed by atoms with Gasteiger partial charge in [-0.25, -0.2) is 62.3 Å². The molecule has 10 rings (SSSR count). The predicted octanol–water partition coefficient (Wildman–Crippen LogP) is 9.74. The van der Waals surface area contributed by atoms with Crippen LogP contribution >= 0.6 is 23.5 Å². The molecule has 2 aromatic heterocycles. The lowest BCUT2D eigenvalue weighted by molar-refractivity contribution is -0.0527. The first kappa shape index (κ1) is 64.5. The highest BCUT2D eigenvalue weighted by Gasteiger charge is 2.36. The average Bonchev–Trinajstić information content (AvgIpc) is 4.20. The highest BCUT2D eigenvalue weighted by molar-refractivity contribution is 7.98. The van der Waals surface area contributed by atoms with Gasteiger partial charge in [0.2, 0.25) is 10.0 Å². The molecule has 0 bridgehead atoms. The van der Waals surface area contributed by atoms with E-state index < -0.39 is 55.0 Å². The Morgan fingerprint density at radius 2 is 1.12 bits per heavy atom. The number of aldehydes is 1. The number of amides is 1. The van der Waals surface area contributed by atoms with Crippen LogP contribution in [0.5, 0.6) is 0 Å². The lowest BCUT2D eigenvalue weighted by atomic mass is 9.94. The number of thioether (sulfide) groups is 2. The third kappa shape index (κ3) is 17.1. The molecule has 1 amide bonds. The minimum atomic E-state index is -3.82. The molecule has 0 spiro atoms. The number of rotatable bonds is 13. The van der Waals surface area contributed by atoms with E-state index in [4.69, 9.17) is 14.2 Å². The first-order valence-electron chi connectivity index (χ1n) is 25.8. The van der Waals surface area contributed by atoms with Crippen LogP contribution in [0.3, 0.4) is 0 Å². The van der Waals surface area contributed by atoms with Crippen LogP contribution in [0.4, 0.5) is 31.1 Å². The monoisotopic (exact) mass is 1230 g/mol. The van der Waals surface area contributed by atoms with Crippen molar-refractivity contribution in [3.05, 3.63) is 170 Å². The van der Waals surface area contributed by atoms with E-state index in [1.807, 2.05) is 0 Å². The molecule has 2 saturated heterocycles. The highest BCUT2D eigenvalue weighted by Crippen LogP contribution is 2.41. The molecule has 1 N–H and O–H groups in total. The number of morpholine rings is 2. The summed E-state index contributed by atoms with van der Waals surface area (Å²) >= 11 is 3.33. The van der Waals surface area contributed by atoms with Crippen LogP contribution in [0, 0.1) is 34.9 Å².